The van der Waals surface area contributed by atoms with Gasteiger partial charge < -0.3 is 24.3 Å². The highest BCUT2D eigenvalue weighted by Gasteiger charge is 2.12. The highest BCUT2D eigenvalue weighted by molar-refractivity contribution is 5.93. The van der Waals surface area contributed by atoms with Gasteiger partial charge in [0.2, 0.25) is 0 Å². The van der Waals surface area contributed by atoms with Crippen molar-refractivity contribution in [2.45, 2.75) is 51.4 Å². The number of H-pyrrole nitrogens is 1. The van der Waals surface area contributed by atoms with Gasteiger partial charge in [-0.2, -0.15) is 0 Å². The lowest BCUT2D eigenvalue weighted by Crippen LogP contribution is -2.31. The monoisotopic (exact) mass is 477 g/mol. The summed E-state index contributed by atoms with van der Waals surface area (Å²) in [5, 5.41) is 1.32. The predicted octanol–water partition coefficient (Wildman–Crippen LogP) is 5.19. The van der Waals surface area contributed by atoms with Gasteiger partial charge >= 0.3 is 0 Å². The highest BCUT2D eigenvalue weighted by atomic mass is 16.5. The number of rotatable bonds is 10. The fraction of sp³-hybridized carbons (Fsp3) is 0.552. The number of benzene rings is 2. The van der Waals surface area contributed by atoms with Gasteiger partial charge in [0.1, 0.15) is 11.5 Å². The number of aromatic nitrogens is 1. The molecule has 3 heterocycles. The minimum absolute atomic E-state index is 0.0197. The zero-order valence-electron chi connectivity index (χ0n) is 20.9. The van der Waals surface area contributed by atoms with Crippen LogP contribution in [0, 0.1) is 0 Å². The molecular formula is C29H39N3O3. The molecule has 1 aromatic heterocycles. The molecule has 1 N–H and O–H groups in total. The van der Waals surface area contributed by atoms with E-state index in [0.29, 0.717) is 24.0 Å². The summed E-state index contributed by atoms with van der Waals surface area (Å²) in [7, 11) is 0. The maximum atomic E-state index is 13.3. The normalized spacial score (nSPS) is 17.7. The first-order chi connectivity index (χ1) is 17.3. The van der Waals surface area contributed by atoms with Crippen LogP contribution in [0.15, 0.2) is 41.2 Å². The van der Waals surface area contributed by atoms with Crippen LogP contribution in [0.1, 0.15) is 51.4 Å². The van der Waals surface area contributed by atoms with E-state index >= 15 is 0 Å². The molecule has 35 heavy (non-hydrogen) atoms. The van der Waals surface area contributed by atoms with Gasteiger partial charge in [0.25, 0.3) is 0 Å². The second-order valence-electron chi connectivity index (χ2n) is 10.1. The van der Waals surface area contributed by atoms with Crippen molar-refractivity contribution in [1.29, 1.82) is 0 Å². The van der Waals surface area contributed by atoms with Crippen molar-refractivity contribution in [3.05, 3.63) is 46.6 Å². The lowest BCUT2D eigenvalue weighted by atomic mass is 10.1. The fourth-order valence-electron chi connectivity index (χ4n) is 5.43. The van der Waals surface area contributed by atoms with Crippen molar-refractivity contribution in [2.24, 2.45) is 0 Å². The number of aromatic amines is 1. The van der Waals surface area contributed by atoms with E-state index in [2.05, 4.69) is 14.8 Å². The second-order valence-corrected chi connectivity index (χ2v) is 10.1. The van der Waals surface area contributed by atoms with E-state index in [-0.39, 0.29) is 5.43 Å². The van der Waals surface area contributed by atoms with Gasteiger partial charge in [0.05, 0.1) is 24.2 Å². The third-order valence-electron chi connectivity index (χ3n) is 7.41. The molecule has 2 fully saturated rings. The van der Waals surface area contributed by atoms with Crippen LogP contribution in [0.4, 0.5) is 0 Å². The Kier molecular flexibility index (Phi) is 8.22. The first-order valence-electron chi connectivity index (χ1n) is 13.6. The average molecular weight is 478 g/mol. The SMILES string of the molecule is O=c1c2cc(OCCCN3CCCCC3)ccc2[nH]c2ccc(OCCCN3CCCCC3)cc12. The van der Waals surface area contributed by atoms with Crippen molar-refractivity contribution in [1.82, 2.24) is 14.8 Å². The van der Waals surface area contributed by atoms with E-state index in [1.807, 2.05) is 36.4 Å². The molecule has 6 heteroatoms. The molecule has 0 saturated carbocycles. The third kappa shape index (κ3) is 6.36. The van der Waals surface area contributed by atoms with E-state index in [9.17, 15) is 4.79 Å². The van der Waals surface area contributed by atoms with E-state index in [4.69, 9.17) is 9.47 Å². The van der Waals surface area contributed by atoms with Crippen LogP contribution in [-0.4, -0.2) is 67.3 Å². The summed E-state index contributed by atoms with van der Waals surface area (Å²) >= 11 is 0. The number of pyridine rings is 1. The largest absolute Gasteiger partial charge is 0.494 e. The van der Waals surface area contributed by atoms with Crippen LogP contribution in [0.5, 0.6) is 11.5 Å². The first-order valence-corrected chi connectivity index (χ1v) is 13.6. The van der Waals surface area contributed by atoms with Gasteiger partial charge in [-0.3, -0.25) is 4.79 Å². The van der Waals surface area contributed by atoms with Gasteiger partial charge in [-0.15, -0.1) is 0 Å². The quantitative estimate of drug-likeness (QED) is 0.322. The van der Waals surface area contributed by atoms with Crippen molar-refractivity contribution in [2.75, 3.05) is 52.5 Å². The number of hydrogen-bond donors (Lipinski definition) is 1. The molecule has 0 aliphatic carbocycles. The van der Waals surface area contributed by atoms with Gasteiger partial charge in [-0.25, -0.2) is 0 Å². The molecule has 2 aliphatic heterocycles. The number of nitrogens with one attached hydrogen (secondary N) is 1. The molecule has 6 nitrogen and oxygen atoms in total. The standard InChI is InChI=1S/C29H39N3O3/c33-29-25-21-23(34-19-7-17-31-13-3-1-4-14-31)9-11-27(25)30-28-12-10-24(22-26(28)29)35-20-8-18-32-15-5-2-6-16-32/h9-12,21-22H,1-8,13-20H2,(H,30,33). The molecule has 0 amide bonds. The summed E-state index contributed by atoms with van der Waals surface area (Å²) in [6.07, 6.45) is 9.98. The summed E-state index contributed by atoms with van der Waals surface area (Å²) < 4.78 is 12.0. The van der Waals surface area contributed by atoms with Crippen molar-refractivity contribution in [3.8, 4) is 11.5 Å². The number of fused-ring (bicyclic) bond motifs is 2. The number of piperidine rings is 2. The number of hydrogen-bond acceptors (Lipinski definition) is 5. The van der Waals surface area contributed by atoms with E-state index in [0.717, 1.165) is 48.5 Å². The summed E-state index contributed by atoms with van der Waals surface area (Å²) in [4.78, 5) is 21.8. The van der Waals surface area contributed by atoms with Crippen molar-refractivity contribution in [3.63, 3.8) is 0 Å². The summed E-state index contributed by atoms with van der Waals surface area (Å²) in [6, 6.07) is 11.5. The molecule has 2 saturated heterocycles. The molecule has 3 aromatic rings. The van der Waals surface area contributed by atoms with Crippen molar-refractivity contribution < 1.29 is 9.47 Å². The van der Waals surface area contributed by atoms with E-state index < -0.39 is 0 Å². The topological polar surface area (TPSA) is 57.8 Å². The summed E-state index contributed by atoms with van der Waals surface area (Å²) in [5.41, 5.74) is 1.68. The molecular weight excluding hydrogens is 438 g/mol. The lowest BCUT2D eigenvalue weighted by molar-refractivity contribution is 0.205. The molecule has 0 unspecified atom stereocenters. The Labute approximate surface area is 208 Å². The molecule has 0 spiro atoms. The average Bonchev–Trinajstić information content (AvgIpc) is 2.91. The Morgan fingerprint density at radius 2 is 1.11 bits per heavy atom. The Balaban J connectivity index is 1.20. The first kappa shape index (κ1) is 24.1. The van der Waals surface area contributed by atoms with Crippen LogP contribution in [0.3, 0.4) is 0 Å². The Morgan fingerprint density at radius 3 is 1.57 bits per heavy atom. The minimum atomic E-state index is 0.0197. The smallest absolute Gasteiger partial charge is 0.197 e. The second kappa shape index (κ2) is 11.9. The molecule has 0 atom stereocenters. The molecule has 2 aliphatic rings. The Hall–Kier alpha value is -2.57. The van der Waals surface area contributed by atoms with Crippen LogP contribution in [-0.2, 0) is 0 Å². The van der Waals surface area contributed by atoms with E-state index in [1.54, 1.807) is 0 Å². The molecule has 5 rings (SSSR count). The number of ether oxygens (including phenoxy) is 2. The van der Waals surface area contributed by atoms with Crippen LogP contribution in [0.2, 0.25) is 0 Å². The van der Waals surface area contributed by atoms with E-state index in [1.165, 1.54) is 64.7 Å². The summed E-state index contributed by atoms with van der Waals surface area (Å²) in [5.74, 6) is 1.51. The number of likely N-dealkylation sites (tertiary alicyclic amines) is 2. The Bertz CT molecular complexity index is 1080. The highest BCUT2D eigenvalue weighted by Crippen LogP contribution is 2.23. The zero-order valence-corrected chi connectivity index (χ0v) is 20.9. The third-order valence-corrected chi connectivity index (χ3v) is 7.41. The zero-order chi connectivity index (χ0) is 23.9. The van der Waals surface area contributed by atoms with Crippen LogP contribution in [0.25, 0.3) is 21.8 Å². The fourth-order valence-corrected chi connectivity index (χ4v) is 5.43. The number of nitrogens with zero attached hydrogens (tertiary/aromatic N) is 2. The minimum Gasteiger partial charge on any atom is -0.494 e. The van der Waals surface area contributed by atoms with Crippen LogP contribution < -0.4 is 14.9 Å². The van der Waals surface area contributed by atoms with Gasteiger partial charge in [-0.05, 0) is 101 Å². The van der Waals surface area contributed by atoms with Gasteiger partial charge in [0, 0.05) is 23.9 Å². The molecule has 0 radical (unpaired) electrons. The van der Waals surface area contributed by atoms with Gasteiger partial charge in [-0.1, -0.05) is 12.8 Å². The summed E-state index contributed by atoms with van der Waals surface area (Å²) in [6.45, 7) is 8.35. The predicted molar refractivity (Wildman–Crippen MR) is 143 cm³/mol. The Morgan fingerprint density at radius 1 is 0.657 bits per heavy atom. The maximum Gasteiger partial charge on any atom is 0.197 e. The van der Waals surface area contributed by atoms with Crippen molar-refractivity contribution >= 4 is 21.8 Å². The lowest BCUT2D eigenvalue weighted by Gasteiger charge is -2.26. The molecule has 2 aromatic carbocycles. The van der Waals surface area contributed by atoms with Gasteiger partial charge in [0.15, 0.2) is 5.43 Å². The maximum absolute atomic E-state index is 13.3. The molecule has 188 valence electrons. The van der Waals surface area contributed by atoms with Crippen LogP contribution >= 0.6 is 0 Å². The molecule has 0 bridgehead atoms.